The maximum atomic E-state index is 12.6. The molecule has 0 fully saturated rings. The van der Waals surface area contributed by atoms with Gasteiger partial charge >= 0.3 is 11.9 Å². The zero-order valence-corrected chi connectivity index (χ0v) is 31.2. The van der Waals surface area contributed by atoms with Gasteiger partial charge in [-0.3, -0.25) is 9.59 Å². The Kier molecular flexibility index (Phi) is 30.1. The summed E-state index contributed by atoms with van der Waals surface area (Å²) in [6.07, 6.45) is 29.5. The maximum absolute atomic E-state index is 12.6. The van der Waals surface area contributed by atoms with Gasteiger partial charge in [0.15, 0.2) is 6.10 Å². The SMILES string of the molecule is CCCCCCCC/C=C/CCCCCC(=O)OC(COCCC(C(=O)[O-])[N+](C)(C)C)COC(=O)CCCCCCCCCCCC. The number of carbonyl (C=O) groups is 3. The third-order valence-corrected chi connectivity index (χ3v) is 8.65. The van der Waals surface area contributed by atoms with Crippen LogP contribution >= 0.6 is 0 Å². The third kappa shape index (κ3) is 29.9. The van der Waals surface area contributed by atoms with E-state index in [1.807, 2.05) is 0 Å². The summed E-state index contributed by atoms with van der Waals surface area (Å²) in [5.41, 5.74) is 0. The van der Waals surface area contributed by atoms with Gasteiger partial charge in [-0.25, -0.2) is 0 Å². The summed E-state index contributed by atoms with van der Waals surface area (Å²) >= 11 is 0. The van der Waals surface area contributed by atoms with Crippen LogP contribution in [0.25, 0.3) is 0 Å². The monoisotopic (exact) mass is 668 g/mol. The van der Waals surface area contributed by atoms with Crippen molar-refractivity contribution in [1.29, 1.82) is 0 Å². The average molecular weight is 668 g/mol. The number of nitrogens with zero attached hydrogens (tertiary/aromatic N) is 1. The van der Waals surface area contributed by atoms with E-state index in [9.17, 15) is 19.5 Å². The normalized spacial score (nSPS) is 13.1. The number of allylic oxidation sites excluding steroid dienone is 2. The molecule has 0 aliphatic rings. The number of carboxylic acid groups (broad SMARTS) is 1. The molecule has 0 saturated heterocycles. The van der Waals surface area contributed by atoms with E-state index < -0.39 is 18.1 Å². The molecule has 0 spiro atoms. The van der Waals surface area contributed by atoms with Gasteiger partial charge in [-0.15, -0.1) is 0 Å². The van der Waals surface area contributed by atoms with Crippen molar-refractivity contribution in [3.8, 4) is 0 Å². The van der Waals surface area contributed by atoms with Crippen molar-refractivity contribution >= 4 is 17.9 Å². The first-order valence-corrected chi connectivity index (χ1v) is 19.2. The minimum absolute atomic E-state index is 0.0393. The molecule has 0 bridgehead atoms. The number of unbranched alkanes of at least 4 members (excludes halogenated alkanes) is 18. The number of quaternary nitrogens is 1. The fourth-order valence-electron chi connectivity index (χ4n) is 5.59. The number of hydrogen-bond acceptors (Lipinski definition) is 7. The van der Waals surface area contributed by atoms with E-state index >= 15 is 0 Å². The molecule has 0 saturated carbocycles. The van der Waals surface area contributed by atoms with Crippen LogP contribution in [0.3, 0.4) is 0 Å². The molecule has 0 aromatic heterocycles. The minimum atomic E-state index is -1.13. The number of carbonyl (C=O) groups excluding carboxylic acids is 3. The molecule has 0 radical (unpaired) electrons. The summed E-state index contributed by atoms with van der Waals surface area (Å²) in [4.78, 5) is 36.6. The molecule has 0 heterocycles. The van der Waals surface area contributed by atoms with E-state index in [0.29, 0.717) is 12.8 Å². The molecular weight excluding hydrogens is 594 g/mol. The molecule has 8 nitrogen and oxygen atoms in total. The quantitative estimate of drug-likeness (QED) is 0.0295. The van der Waals surface area contributed by atoms with E-state index in [-0.39, 0.29) is 42.7 Å². The molecule has 0 aliphatic heterocycles. The lowest BCUT2D eigenvalue weighted by Crippen LogP contribution is -2.55. The van der Waals surface area contributed by atoms with E-state index in [1.54, 1.807) is 21.1 Å². The highest BCUT2D eigenvalue weighted by molar-refractivity contribution is 5.70. The van der Waals surface area contributed by atoms with Crippen molar-refractivity contribution < 1.29 is 38.2 Å². The highest BCUT2D eigenvalue weighted by Gasteiger charge is 2.25. The summed E-state index contributed by atoms with van der Waals surface area (Å²) in [5, 5.41) is 11.6. The number of ether oxygens (including phenoxy) is 3. The van der Waals surface area contributed by atoms with E-state index in [4.69, 9.17) is 14.2 Å². The Morgan fingerprint density at radius 3 is 1.55 bits per heavy atom. The largest absolute Gasteiger partial charge is 0.544 e. The van der Waals surface area contributed by atoms with Gasteiger partial charge in [-0.1, -0.05) is 122 Å². The topological polar surface area (TPSA) is 102 Å². The number of aliphatic carboxylic acids is 1. The molecule has 0 rings (SSSR count). The van der Waals surface area contributed by atoms with Crippen LogP contribution in [0.5, 0.6) is 0 Å². The third-order valence-electron chi connectivity index (χ3n) is 8.65. The van der Waals surface area contributed by atoms with Crippen molar-refractivity contribution in [3.05, 3.63) is 12.2 Å². The standard InChI is InChI=1S/C39H73NO7/c1-6-8-10-12-14-16-18-19-20-22-24-26-28-30-38(42)47-35(33-45-32-31-36(39(43)44)40(3,4)5)34-46-37(41)29-27-25-23-21-17-15-13-11-9-7-2/h19-20,35-36H,6-18,21-34H2,1-5H3/b20-19+. The number of carboxylic acids is 1. The Bertz CT molecular complexity index is 793. The molecule has 276 valence electrons. The smallest absolute Gasteiger partial charge is 0.306 e. The van der Waals surface area contributed by atoms with Crippen molar-refractivity contribution in [3.63, 3.8) is 0 Å². The van der Waals surface area contributed by atoms with Gasteiger partial charge in [-0.05, 0) is 38.5 Å². The molecule has 0 aliphatic carbocycles. The fourth-order valence-corrected chi connectivity index (χ4v) is 5.59. The Labute approximate surface area is 289 Å². The second kappa shape index (κ2) is 31.3. The predicted molar refractivity (Wildman–Crippen MR) is 190 cm³/mol. The second-order valence-electron chi connectivity index (χ2n) is 14.2. The number of rotatable bonds is 34. The number of likely N-dealkylation sites (N-methyl/N-ethyl adjacent to an activating group) is 1. The molecule has 8 heteroatoms. The van der Waals surface area contributed by atoms with Crippen LogP contribution in [0.1, 0.15) is 168 Å². The van der Waals surface area contributed by atoms with Gasteiger partial charge in [0.1, 0.15) is 12.6 Å². The summed E-state index contributed by atoms with van der Waals surface area (Å²) in [6.45, 7) is 4.62. The van der Waals surface area contributed by atoms with Crippen LogP contribution in [-0.2, 0) is 28.6 Å². The summed E-state index contributed by atoms with van der Waals surface area (Å²) in [7, 11) is 5.39. The van der Waals surface area contributed by atoms with Crippen molar-refractivity contribution in [2.24, 2.45) is 0 Å². The first kappa shape index (κ1) is 45.1. The highest BCUT2D eigenvalue weighted by Crippen LogP contribution is 2.13. The Morgan fingerprint density at radius 2 is 1.06 bits per heavy atom. The second-order valence-corrected chi connectivity index (χ2v) is 14.2. The molecule has 0 amide bonds. The van der Waals surface area contributed by atoms with Crippen LogP contribution < -0.4 is 5.11 Å². The molecule has 0 aromatic carbocycles. The Hall–Kier alpha value is -1.93. The number of esters is 2. The van der Waals surface area contributed by atoms with Gasteiger partial charge in [0.25, 0.3) is 0 Å². The fraction of sp³-hybridized carbons (Fsp3) is 0.872. The van der Waals surface area contributed by atoms with Crippen molar-refractivity contribution in [1.82, 2.24) is 0 Å². The van der Waals surface area contributed by atoms with Crippen LogP contribution in [-0.4, -0.2) is 75.5 Å². The molecule has 2 atom stereocenters. The van der Waals surface area contributed by atoms with Crippen LogP contribution in [0.15, 0.2) is 12.2 Å². The van der Waals surface area contributed by atoms with Crippen LogP contribution in [0.4, 0.5) is 0 Å². The van der Waals surface area contributed by atoms with Gasteiger partial charge in [0.05, 0.1) is 40.3 Å². The molecule has 0 N–H and O–H groups in total. The zero-order chi connectivity index (χ0) is 35.0. The van der Waals surface area contributed by atoms with E-state index in [2.05, 4.69) is 26.0 Å². The Balaban J connectivity index is 4.44. The van der Waals surface area contributed by atoms with Crippen molar-refractivity contribution in [2.75, 3.05) is 41.0 Å². The average Bonchev–Trinajstić information content (AvgIpc) is 3.01. The van der Waals surface area contributed by atoms with E-state index in [0.717, 1.165) is 51.4 Å². The van der Waals surface area contributed by atoms with Crippen LogP contribution in [0, 0.1) is 0 Å². The van der Waals surface area contributed by atoms with Crippen molar-refractivity contribution in [2.45, 2.75) is 180 Å². The zero-order valence-electron chi connectivity index (χ0n) is 31.2. The molecule has 0 aromatic rings. The van der Waals surface area contributed by atoms with Gasteiger partial charge in [0, 0.05) is 19.3 Å². The Morgan fingerprint density at radius 1 is 0.617 bits per heavy atom. The lowest BCUT2D eigenvalue weighted by Gasteiger charge is -2.34. The van der Waals surface area contributed by atoms with Gasteiger partial charge < -0.3 is 28.6 Å². The lowest BCUT2D eigenvalue weighted by atomic mass is 10.1. The lowest BCUT2D eigenvalue weighted by molar-refractivity contribution is -0.889. The van der Waals surface area contributed by atoms with Crippen LogP contribution in [0.2, 0.25) is 0 Å². The molecule has 47 heavy (non-hydrogen) atoms. The number of hydrogen-bond donors (Lipinski definition) is 0. The van der Waals surface area contributed by atoms with Gasteiger partial charge in [0.2, 0.25) is 0 Å². The first-order valence-electron chi connectivity index (χ1n) is 19.2. The predicted octanol–water partition coefficient (Wildman–Crippen LogP) is 8.24. The minimum Gasteiger partial charge on any atom is -0.544 e. The molecular formula is C39H73NO7. The summed E-state index contributed by atoms with van der Waals surface area (Å²) in [6, 6.07) is -0.722. The molecule has 2 unspecified atom stereocenters. The highest BCUT2D eigenvalue weighted by atomic mass is 16.6. The first-order chi connectivity index (χ1) is 22.6. The summed E-state index contributed by atoms with van der Waals surface area (Å²) < 4.78 is 17.1. The van der Waals surface area contributed by atoms with E-state index in [1.165, 1.54) is 83.5 Å². The van der Waals surface area contributed by atoms with Gasteiger partial charge in [-0.2, -0.15) is 0 Å². The summed E-state index contributed by atoms with van der Waals surface area (Å²) in [5.74, 6) is -1.75. The maximum Gasteiger partial charge on any atom is 0.306 e.